The summed E-state index contributed by atoms with van der Waals surface area (Å²) in [5, 5.41) is 10.8. The summed E-state index contributed by atoms with van der Waals surface area (Å²) in [4.78, 5) is 12.2. The molecule has 1 atom stereocenters. The van der Waals surface area contributed by atoms with Gasteiger partial charge in [-0.1, -0.05) is 42.5 Å². The number of rotatable bonds is 8. The highest BCUT2D eigenvalue weighted by Crippen LogP contribution is 2.12. The largest absolute Gasteiger partial charge is 0.545 e. The number of ether oxygens (including phenoxy) is 1. The van der Waals surface area contributed by atoms with E-state index in [2.05, 4.69) is 31.3 Å². The third kappa shape index (κ3) is 5.22. The van der Waals surface area contributed by atoms with Gasteiger partial charge in [-0.2, -0.15) is 0 Å². The van der Waals surface area contributed by atoms with E-state index in [1.807, 2.05) is 6.07 Å². The van der Waals surface area contributed by atoms with Gasteiger partial charge in [-0.05, 0) is 12.1 Å². The van der Waals surface area contributed by atoms with Gasteiger partial charge in [0.2, 0.25) is 0 Å². The molecule has 0 fully saturated rings. The topological polar surface area (TPSA) is 53.8 Å². The molecule has 0 saturated carbocycles. The summed E-state index contributed by atoms with van der Waals surface area (Å²) < 4.78 is 5.59. The van der Waals surface area contributed by atoms with Gasteiger partial charge in [-0.15, -0.1) is 0 Å². The van der Waals surface area contributed by atoms with Crippen molar-refractivity contribution in [3.8, 4) is 5.75 Å². The zero-order valence-electron chi connectivity index (χ0n) is 12.7. The molecule has 1 N–H and O–H groups in total. The minimum atomic E-state index is -1.18. The molecule has 2 aromatic rings. The first kappa shape index (κ1) is 16.0. The van der Waals surface area contributed by atoms with Crippen LogP contribution in [-0.4, -0.2) is 26.2 Å². The van der Waals surface area contributed by atoms with Crippen LogP contribution in [-0.2, 0) is 6.54 Å². The van der Waals surface area contributed by atoms with Crippen molar-refractivity contribution in [1.29, 1.82) is 0 Å². The zero-order valence-corrected chi connectivity index (χ0v) is 12.7. The number of hydrogen-bond acceptors (Lipinski definition) is 3. The molecule has 0 amide bonds. The quantitative estimate of drug-likeness (QED) is 0.724. The van der Waals surface area contributed by atoms with Gasteiger partial charge in [-0.3, -0.25) is 0 Å². The number of hydrogen-bond donors (Lipinski definition) is 1. The molecule has 0 bridgehead atoms. The second-order valence-electron chi connectivity index (χ2n) is 5.39. The minimum Gasteiger partial charge on any atom is -0.545 e. The van der Waals surface area contributed by atoms with Crippen LogP contribution in [0.2, 0.25) is 0 Å². The van der Waals surface area contributed by atoms with Crippen LogP contribution in [0.5, 0.6) is 5.75 Å². The van der Waals surface area contributed by atoms with Crippen LogP contribution >= 0.6 is 0 Å². The van der Waals surface area contributed by atoms with Crippen molar-refractivity contribution < 1.29 is 19.5 Å². The molecule has 0 radical (unpaired) electrons. The van der Waals surface area contributed by atoms with Crippen LogP contribution in [0.15, 0.2) is 54.6 Å². The molecule has 4 nitrogen and oxygen atoms in total. The highest BCUT2D eigenvalue weighted by atomic mass is 16.5. The molecule has 0 spiro atoms. The van der Waals surface area contributed by atoms with Crippen molar-refractivity contribution in [2.24, 2.45) is 0 Å². The fourth-order valence-corrected chi connectivity index (χ4v) is 2.31. The van der Waals surface area contributed by atoms with Crippen LogP contribution in [0.4, 0.5) is 0 Å². The van der Waals surface area contributed by atoms with Gasteiger partial charge in [0.25, 0.3) is 0 Å². The Labute approximate surface area is 131 Å². The maximum absolute atomic E-state index is 10.8. The SMILES string of the molecule is C[NH+](CCCOc1cccc(C(=O)[O-])c1)Cc1ccccc1. The van der Waals surface area contributed by atoms with E-state index in [9.17, 15) is 9.90 Å². The lowest BCUT2D eigenvalue weighted by molar-refractivity contribution is -0.894. The predicted octanol–water partition coefficient (Wildman–Crippen LogP) is 0.534. The van der Waals surface area contributed by atoms with Gasteiger partial charge in [0.15, 0.2) is 0 Å². The van der Waals surface area contributed by atoms with Crippen molar-refractivity contribution in [2.45, 2.75) is 13.0 Å². The Bertz CT molecular complexity index is 598. The van der Waals surface area contributed by atoms with E-state index in [1.54, 1.807) is 12.1 Å². The Balaban J connectivity index is 1.70. The first-order valence-electron chi connectivity index (χ1n) is 7.44. The normalized spacial score (nSPS) is 11.9. The van der Waals surface area contributed by atoms with Crippen LogP contribution in [0.25, 0.3) is 0 Å². The average molecular weight is 299 g/mol. The number of benzene rings is 2. The molecule has 0 heterocycles. The fourth-order valence-electron chi connectivity index (χ4n) is 2.31. The predicted molar refractivity (Wildman–Crippen MR) is 82.8 cm³/mol. The molecule has 0 aliphatic carbocycles. The van der Waals surface area contributed by atoms with Crippen molar-refractivity contribution in [1.82, 2.24) is 0 Å². The van der Waals surface area contributed by atoms with Crippen molar-refractivity contribution >= 4 is 5.97 Å². The van der Waals surface area contributed by atoms with E-state index >= 15 is 0 Å². The van der Waals surface area contributed by atoms with Crippen LogP contribution < -0.4 is 14.7 Å². The molecule has 1 unspecified atom stereocenters. The molecule has 22 heavy (non-hydrogen) atoms. The standard InChI is InChI=1S/C18H21NO3/c1-19(14-15-7-3-2-4-8-15)11-6-12-22-17-10-5-9-16(13-17)18(20)21/h2-5,7-10,13H,6,11-12,14H2,1H3,(H,20,21). The molecule has 2 rings (SSSR count). The smallest absolute Gasteiger partial charge is 0.119 e. The summed E-state index contributed by atoms with van der Waals surface area (Å²) in [7, 11) is 2.16. The second-order valence-corrected chi connectivity index (χ2v) is 5.39. The molecular weight excluding hydrogens is 278 g/mol. The molecule has 116 valence electrons. The van der Waals surface area contributed by atoms with E-state index in [1.165, 1.54) is 22.6 Å². The second kappa shape index (κ2) is 8.20. The summed E-state index contributed by atoms with van der Waals surface area (Å²) in [5.74, 6) is -0.611. The van der Waals surface area contributed by atoms with Gasteiger partial charge in [0.05, 0.1) is 26.2 Å². The van der Waals surface area contributed by atoms with E-state index < -0.39 is 5.97 Å². The number of carbonyl (C=O) groups is 1. The van der Waals surface area contributed by atoms with Crippen LogP contribution in [0.3, 0.4) is 0 Å². The molecule has 0 aromatic heterocycles. The Morgan fingerprint density at radius 2 is 1.91 bits per heavy atom. The third-order valence-electron chi connectivity index (χ3n) is 3.44. The Morgan fingerprint density at radius 1 is 1.14 bits per heavy atom. The Hall–Kier alpha value is -2.33. The summed E-state index contributed by atoms with van der Waals surface area (Å²) in [5.41, 5.74) is 1.46. The maximum atomic E-state index is 10.8. The Morgan fingerprint density at radius 3 is 2.64 bits per heavy atom. The lowest BCUT2D eigenvalue weighted by Crippen LogP contribution is -3.07. The summed E-state index contributed by atoms with van der Waals surface area (Å²) >= 11 is 0. The minimum absolute atomic E-state index is 0.143. The number of carboxylic acid groups (broad SMARTS) is 1. The summed E-state index contributed by atoms with van der Waals surface area (Å²) in [6.45, 7) is 2.55. The fraction of sp³-hybridized carbons (Fsp3) is 0.278. The molecular formula is C18H21NO3. The first-order valence-corrected chi connectivity index (χ1v) is 7.44. The van der Waals surface area contributed by atoms with Crippen LogP contribution in [0.1, 0.15) is 22.3 Å². The van der Waals surface area contributed by atoms with Crippen molar-refractivity contribution in [3.63, 3.8) is 0 Å². The lowest BCUT2D eigenvalue weighted by Gasteiger charge is -2.14. The summed E-state index contributed by atoms with van der Waals surface area (Å²) in [6.07, 6.45) is 0.911. The van der Waals surface area contributed by atoms with Gasteiger partial charge < -0.3 is 19.5 Å². The number of carbonyl (C=O) groups excluding carboxylic acids is 1. The maximum Gasteiger partial charge on any atom is 0.119 e. The van der Waals surface area contributed by atoms with Crippen LogP contribution in [0, 0.1) is 0 Å². The monoisotopic (exact) mass is 299 g/mol. The number of quaternary nitrogens is 1. The Kier molecular flexibility index (Phi) is 5.98. The summed E-state index contributed by atoms with van der Waals surface area (Å²) in [6, 6.07) is 16.8. The van der Waals surface area contributed by atoms with Gasteiger partial charge >= 0.3 is 0 Å². The van der Waals surface area contributed by atoms with Gasteiger partial charge in [0.1, 0.15) is 12.3 Å². The molecule has 0 saturated heterocycles. The number of nitrogens with one attached hydrogen (secondary N) is 1. The molecule has 0 aliphatic heterocycles. The van der Waals surface area contributed by atoms with E-state index in [4.69, 9.17) is 4.74 Å². The molecule has 0 aliphatic rings. The van der Waals surface area contributed by atoms with E-state index in [0.29, 0.717) is 12.4 Å². The van der Waals surface area contributed by atoms with Gasteiger partial charge in [0, 0.05) is 17.5 Å². The molecule has 2 aromatic carbocycles. The van der Waals surface area contributed by atoms with E-state index in [-0.39, 0.29) is 5.56 Å². The highest BCUT2D eigenvalue weighted by molar-refractivity contribution is 5.86. The number of carboxylic acids is 1. The zero-order chi connectivity index (χ0) is 15.8. The van der Waals surface area contributed by atoms with Crippen molar-refractivity contribution in [2.75, 3.05) is 20.2 Å². The van der Waals surface area contributed by atoms with E-state index in [0.717, 1.165) is 19.5 Å². The number of aromatic carboxylic acids is 1. The first-order chi connectivity index (χ1) is 10.6. The highest BCUT2D eigenvalue weighted by Gasteiger charge is 2.04. The van der Waals surface area contributed by atoms with Gasteiger partial charge in [-0.25, -0.2) is 0 Å². The average Bonchev–Trinajstić information content (AvgIpc) is 2.53. The third-order valence-corrected chi connectivity index (χ3v) is 3.44. The van der Waals surface area contributed by atoms with Crippen molar-refractivity contribution in [3.05, 3.63) is 65.7 Å². The molecule has 4 heteroatoms. The lowest BCUT2D eigenvalue weighted by atomic mass is 10.2.